The standard InChI is InChI=1S/C24H32N4O2.HI/c1-25-23(29)20-11-6-8-18(16-20)13-14-27-24(26-2)28-17-21-12-7-15-30-22(21)19-9-4-3-5-10-19;/h3-6,8-11,16,21-22H,7,12-15,17H2,1-2H3,(H,25,29)(H2,26,27,28);1H. The van der Waals surface area contributed by atoms with Gasteiger partial charge in [-0.2, -0.15) is 0 Å². The van der Waals surface area contributed by atoms with Crippen LogP contribution in [0, 0.1) is 5.92 Å². The third kappa shape index (κ3) is 7.50. The van der Waals surface area contributed by atoms with Gasteiger partial charge in [0.15, 0.2) is 5.96 Å². The Morgan fingerprint density at radius 2 is 1.94 bits per heavy atom. The molecule has 0 bridgehead atoms. The number of carbonyl (C=O) groups is 1. The first-order chi connectivity index (χ1) is 14.7. The Balaban J connectivity index is 0.00000341. The zero-order valence-electron chi connectivity index (χ0n) is 18.3. The van der Waals surface area contributed by atoms with E-state index in [1.54, 1.807) is 14.1 Å². The third-order valence-electron chi connectivity index (χ3n) is 5.45. The summed E-state index contributed by atoms with van der Waals surface area (Å²) in [6.07, 6.45) is 3.15. The number of benzene rings is 2. The Kier molecular flexibility index (Phi) is 10.8. The molecule has 6 nitrogen and oxygen atoms in total. The average molecular weight is 536 g/mol. The molecule has 0 radical (unpaired) electrons. The molecule has 7 heteroatoms. The summed E-state index contributed by atoms with van der Waals surface area (Å²) in [6, 6.07) is 18.2. The Hall–Kier alpha value is -2.13. The van der Waals surface area contributed by atoms with E-state index < -0.39 is 0 Å². The second-order valence-corrected chi connectivity index (χ2v) is 7.51. The van der Waals surface area contributed by atoms with Gasteiger partial charge < -0.3 is 20.7 Å². The number of amides is 1. The Bertz CT molecular complexity index is 844. The third-order valence-corrected chi connectivity index (χ3v) is 5.45. The van der Waals surface area contributed by atoms with E-state index in [2.05, 4.69) is 45.2 Å². The van der Waals surface area contributed by atoms with E-state index in [1.807, 2.05) is 30.3 Å². The van der Waals surface area contributed by atoms with Crippen LogP contribution in [0.4, 0.5) is 0 Å². The van der Waals surface area contributed by atoms with Crippen LogP contribution in [0.25, 0.3) is 0 Å². The van der Waals surface area contributed by atoms with Crippen LogP contribution >= 0.6 is 24.0 Å². The lowest BCUT2D eigenvalue weighted by atomic mass is 9.89. The maximum atomic E-state index is 11.8. The topological polar surface area (TPSA) is 74.8 Å². The molecule has 0 saturated carbocycles. The summed E-state index contributed by atoms with van der Waals surface area (Å²) in [4.78, 5) is 16.1. The van der Waals surface area contributed by atoms with Gasteiger partial charge in [-0.15, -0.1) is 24.0 Å². The molecule has 3 rings (SSSR count). The van der Waals surface area contributed by atoms with Crippen molar-refractivity contribution in [2.24, 2.45) is 10.9 Å². The van der Waals surface area contributed by atoms with Gasteiger partial charge in [0.05, 0.1) is 6.10 Å². The maximum Gasteiger partial charge on any atom is 0.251 e. The summed E-state index contributed by atoms with van der Waals surface area (Å²) in [5.41, 5.74) is 3.04. The largest absolute Gasteiger partial charge is 0.373 e. The number of ether oxygens (including phenoxy) is 1. The average Bonchev–Trinajstić information content (AvgIpc) is 2.81. The molecule has 3 N–H and O–H groups in total. The van der Waals surface area contributed by atoms with Crippen molar-refractivity contribution in [3.8, 4) is 0 Å². The highest BCUT2D eigenvalue weighted by atomic mass is 127. The van der Waals surface area contributed by atoms with Crippen LogP contribution in [0.3, 0.4) is 0 Å². The Morgan fingerprint density at radius 1 is 1.13 bits per heavy atom. The van der Waals surface area contributed by atoms with Crippen molar-refractivity contribution in [1.82, 2.24) is 16.0 Å². The van der Waals surface area contributed by atoms with Crippen molar-refractivity contribution < 1.29 is 9.53 Å². The van der Waals surface area contributed by atoms with E-state index in [0.717, 1.165) is 50.5 Å². The van der Waals surface area contributed by atoms with Crippen LogP contribution in [0.15, 0.2) is 59.6 Å². The molecule has 2 aromatic rings. The lowest BCUT2D eigenvalue weighted by Gasteiger charge is -2.32. The van der Waals surface area contributed by atoms with E-state index in [1.165, 1.54) is 5.56 Å². The molecule has 1 amide bonds. The first-order valence-corrected chi connectivity index (χ1v) is 10.6. The van der Waals surface area contributed by atoms with Gasteiger partial charge in [-0.3, -0.25) is 9.79 Å². The van der Waals surface area contributed by atoms with Crippen LogP contribution in [0.2, 0.25) is 0 Å². The quantitative estimate of drug-likeness (QED) is 0.288. The number of halogens is 1. The molecule has 1 fully saturated rings. The van der Waals surface area contributed by atoms with Crippen molar-refractivity contribution in [1.29, 1.82) is 0 Å². The minimum Gasteiger partial charge on any atom is -0.373 e. The monoisotopic (exact) mass is 536 g/mol. The summed E-state index contributed by atoms with van der Waals surface area (Å²) >= 11 is 0. The number of aliphatic imine (C=N–C) groups is 1. The van der Waals surface area contributed by atoms with Crippen molar-refractivity contribution >= 4 is 35.8 Å². The van der Waals surface area contributed by atoms with Gasteiger partial charge in [0.25, 0.3) is 5.91 Å². The number of nitrogens with one attached hydrogen (secondary N) is 3. The van der Waals surface area contributed by atoms with Gasteiger partial charge in [0.1, 0.15) is 0 Å². The number of hydrogen-bond acceptors (Lipinski definition) is 3. The van der Waals surface area contributed by atoms with Crippen LogP contribution in [-0.2, 0) is 11.2 Å². The smallest absolute Gasteiger partial charge is 0.251 e. The van der Waals surface area contributed by atoms with Crippen molar-refractivity contribution in [3.05, 3.63) is 71.3 Å². The number of carbonyl (C=O) groups excluding carboxylic acids is 1. The fourth-order valence-corrected chi connectivity index (χ4v) is 3.85. The van der Waals surface area contributed by atoms with Crippen LogP contribution in [-0.4, -0.2) is 45.7 Å². The maximum absolute atomic E-state index is 11.8. The molecule has 2 aromatic carbocycles. The van der Waals surface area contributed by atoms with Gasteiger partial charge in [-0.25, -0.2) is 0 Å². The molecular weight excluding hydrogens is 503 g/mol. The molecule has 0 spiro atoms. The predicted octanol–water partition coefficient (Wildman–Crippen LogP) is 3.54. The number of guanidine groups is 1. The van der Waals surface area contributed by atoms with Gasteiger partial charge in [-0.05, 0) is 42.5 Å². The fraction of sp³-hybridized carbons (Fsp3) is 0.417. The lowest BCUT2D eigenvalue weighted by Crippen LogP contribution is -2.42. The zero-order chi connectivity index (χ0) is 21.2. The first-order valence-electron chi connectivity index (χ1n) is 10.6. The fourth-order valence-electron chi connectivity index (χ4n) is 3.85. The van der Waals surface area contributed by atoms with Gasteiger partial charge >= 0.3 is 0 Å². The number of rotatable bonds is 7. The molecule has 1 aliphatic rings. The highest BCUT2D eigenvalue weighted by Gasteiger charge is 2.27. The van der Waals surface area contributed by atoms with Gasteiger partial charge in [-0.1, -0.05) is 42.5 Å². The predicted molar refractivity (Wildman–Crippen MR) is 136 cm³/mol. The number of nitrogens with zero attached hydrogens (tertiary/aromatic N) is 1. The van der Waals surface area contributed by atoms with Crippen molar-refractivity contribution in [2.75, 3.05) is 33.8 Å². The molecule has 31 heavy (non-hydrogen) atoms. The minimum atomic E-state index is -0.0649. The zero-order valence-corrected chi connectivity index (χ0v) is 20.6. The summed E-state index contributed by atoms with van der Waals surface area (Å²) in [7, 11) is 3.43. The normalized spacial score (nSPS) is 18.6. The molecular formula is C24H33IN4O2. The van der Waals surface area contributed by atoms with Crippen LogP contribution in [0.5, 0.6) is 0 Å². The lowest BCUT2D eigenvalue weighted by molar-refractivity contribution is -0.0265. The van der Waals surface area contributed by atoms with E-state index >= 15 is 0 Å². The Morgan fingerprint density at radius 3 is 2.68 bits per heavy atom. The van der Waals surface area contributed by atoms with Crippen molar-refractivity contribution in [3.63, 3.8) is 0 Å². The molecule has 2 atom stereocenters. The highest BCUT2D eigenvalue weighted by Crippen LogP contribution is 2.32. The molecule has 1 saturated heterocycles. The molecule has 0 aliphatic carbocycles. The summed E-state index contributed by atoms with van der Waals surface area (Å²) in [5.74, 6) is 1.13. The van der Waals surface area contributed by atoms with Crippen LogP contribution in [0.1, 0.15) is 40.4 Å². The SMILES string of the molecule is CN=C(NCCc1cccc(C(=O)NC)c1)NCC1CCCOC1c1ccccc1.I. The van der Waals surface area contributed by atoms with E-state index in [0.29, 0.717) is 11.5 Å². The molecule has 0 aromatic heterocycles. The summed E-state index contributed by atoms with van der Waals surface area (Å²) in [5, 5.41) is 9.49. The van der Waals surface area contributed by atoms with Gasteiger partial charge in [0, 0.05) is 45.3 Å². The second-order valence-electron chi connectivity index (χ2n) is 7.51. The molecule has 168 valence electrons. The van der Waals surface area contributed by atoms with Crippen LogP contribution < -0.4 is 16.0 Å². The minimum absolute atomic E-state index is 0. The summed E-state index contributed by atoms with van der Waals surface area (Å²) < 4.78 is 6.09. The second kappa shape index (κ2) is 13.3. The summed E-state index contributed by atoms with van der Waals surface area (Å²) in [6.45, 7) is 2.36. The van der Waals surface area contributed by atoms with E-state index in [-0.39, 0.29) is 36.0 Å². The first kappa shape index (κ1) is 25.1. The molecule has 2 unspecified atom stereocenters. The molecule has 1 heterocycles. The van der Waals surface area contributed by atoms with E-state index in [4.69, 9.17) is 4.74 Å². The van der Waals surface area contributed by atoms with E-state index in [9.17, 15) is 4.79 Å². The van der Waals surface area contributed by atoms with Crippen molar-refractivity contribution in [2.45, 2.75) is 25.4 Å². The van der Waals surface area contributed by atoms with Gasteiger partial charge in [0.2, 0.25) is 0 Å². The number of hydrogen-bond donors (Lipinski definition) is 3. The molecule has 1 aliphatic heterocycles. The Labute approximate surface area is 202 Å². The highest BCUT2D eigenvalue weighted by molar-refractivity contribution is 14.0.